The van der Waals surface area contributed by atoms with Crippen LogP contribution in [-0.4, -0.2) is 12.8 Å². The Morgan fingerprint density at radius 3 is 2.24 bits per heavy atom. The van der Waals surface area contributed by atoms with Gasteiger partial charge in [0.2, 0.25) is 0 Å². The fourth-order valence-corrected chi connectivity index (χ4v) is 2.83. The van der Waals surface area contributed by atoms with Gasteiger partial charge in [-0.3, -0.25) is 0 Å². The molecule has 2 aromatic carbocycles. The highest BCUT2D eigenvalue weighted by Crippen LogP contribution is 2.22. The average molecular weight is 299 g/mol. The molecule has 0 saturated carbocycles. The Bertz CT molecular complexity index is 530. The van der Waals surface area contributed by atoms with Gasteiger partial charge in [-0.15, -0.1) is 11.8 Å². The summed E-state index contributed by atoms with van der Waals surface area (Å²) in [5, 5.41) is 3.68. The SMILES string of the molecule is CCCNC(Cc1ccc(C)cc1)c1ccc(SC)cc1. The van der Waals surface area contributed by atoms with Gasteiger partial charge in [-0.05, 0) is 55.8 Å². The third-order valence-electron chi connectivity index (χ3n) is 3.72. The van der Waals surface area contributed by atoms with E-state index in [9.17, 15) is 0 Å². The smallest absolute Gasteiger partial charge is 0.0360 e. The van der Waals surface area contributed by atoms with Crippen LogP contribution in [0.1, 0.15) is 36.1 Å². The Morgan fingerprint density at radius 2 is 1.67 bits per heavy atom. The molecule has 0 saturated heterocycles. The van der Waals surface area contributed by atoms with Gasteiger partial charge in [-0.1, -0.05) is 48.9 Å². The van der Waals surface area contributed by atoms with E-state index in [1.807, 2.05) is 0 Å². The normalized spacial score (nSPS) is 12.3. The highest BCUT2D eigenvalue weighted by atomic mass is 32.2. The first-order valence-corrected chi connectivity index (χ1v) is 8.88. The van der Waals surface area contributed by atoms with Gasteiger partial charge >= 0.3 is 0 Å². The number of hydrogen-bond donors (Lipinski definition) is 1. The zero-order chi connectivity index (χ0) is 15.1. The number of aryl methyl sites for hydroxylation is 1. The maximum Gasteiger partial charge on any atom is 0.0360 e. The van der Waals surface area contributed by atoms with E-state index < -0.39 is 0 Å². The monoisotopic (exact) mass is 299 g/mol. The second kappa shape index (κ2) is 8.26. The van der Waals surface area contributed by atoms with Crippen LogP contribution in [0.15, 0.2) is 53.4 Å². The third kappa shape index (κ3) is 4.90. The number of nitrogens with one attached hydrogen (secondary N) is 1. The van der Waals surface area contributed by atoms with E-state index >= 15 is 0 Å². The minimum Gasteiger partial charge on any atom is -0.310 e. The van der Waals surface area contributed by atoms with Crippen LogP contribution in [0.3, 0.4) is 0 Å². The summed E-state index contributed by atoms with van der Waals surface area (Å²) in [5.41, 5.74) is 4.09. The van der Waals surface area contributed by atoms with Crippen molar-refractivity contribution < 1.29 is 0 Å². The van der Waals surface area contributed by atoms with Crippen molar-refractivity contribution in [2.75, 3.05) is 12.8 Å². The lowest BCUT2D eigenvalue weighted by molar-refractivity contribution is 0.529. The van der Waals surface area contributed by atoms with Gasteiger partial charge < -0.3 is 5.32 Å². The Balaban J connectivity index is 2.14. The molecule has 21 heavy (non-hydrogen) atoms. The second-order valence-corrected chi connectivity index (χ2v) is 6.35. The molecule has 0 radical (unpaired) electrons. The number of rotatable bonds is 7. The summed E-state index contributed by atoms with van der Waals surface area (Å²) in [7, 11) is 0. The molecule has 0 heterocycles. The summed E-state index contributed by atoms with van der Waals surface area (Å²) in [4.78, 5) is 1.32. The van der Waals surface area contributed by atoms with E-state index in [-0.39, 0.29) is 0 Å². The molecule has 1 unspecified atom stereocenters. The molecule has 0 aliphatic rings. The van der Waals surface area contributed by atoms with Crippen LogP contribution < -0.4 is 5.32 Å². The van der Waals surface area contributed by atoms with Crippen LogP contribution >= 0.6 is 11.8 Å². The lowest BCUT2D eigenvalue weighted by atomic mass is 9.98. The first-order valence-electron chi connectivity index (χ1n) is 7.65. The van der Waals surface area contributed by atoms with Gasteiger partial charge in [-0.25, -0.2) is 0 Å². The first-order chi connectivity index (χ1) is 10.2. The van der Waals surface area contributed by atoms with Crippen molar-refractivity contribution in [2.24, 2.45) is 0 Å². The van der Waals surface area contributed by atoms with E-state index in [2.05, 4.69) is 74.0 Å². The van der Waals surface area contributed by atoms with Gasteiger partial charge in [0.1, 0.15) is 0 Å². The lowest BCUT2D eigenvalue weighted by Crippen LogP contribution is -2.24. The maximum atomic E-state index is 3.68. The van der Waals surface area contributed by atoms with E-state index in [1.165, 1.54) is 21.6 Å². The van der Waals surface area contributed by atoms with Crippen LogP contribution in [0, 0.1) is 6.92 Å². The predicted octanol–water partition coefficient (Wildman–Crippen LogP) is 5.00. The molecule has 0 spiro atoms. The molecular weight excluding hydrogens is 274 g/mol. The fraction of sp³-hybridized carbons (Fsp3) is 0.368. The van der Waals surface area contributed by atoms with Crippen molar-refractivity contribution in [2.45, 2.75) is 37.6 Å². The zero-order valence-electron chi connectivity index (χ0n) is 13.2. The molecule has 0 aromatic heterocycles. The molecule has 112 valence electrons. The Hall–Kier alpha value is -1.25. The minimum absolute atomic E-state index is 0.392. The minimum atomic E-state index is 0.392. The van der Waals surface area contributed by atoms with Gasteiger partial charge in [0, 0.05) is 10.9 Å². The van der Waals surface area contributed by atoms with Crippen molar-refractivity contribution in [3.63, 3.8) is 0 Å². The molecule has 0 amide bonds. The molecule has 0 aliphatic carbocycles. The van der Waals surface area contributed by atoms with Gasteiger partial charge in [0.05, 0.1) is 0 Å². The predicted molar refractivity (Wildman–Crippen MR) is 94.1 cm³/mol. The highest BCUT2D eigenvalue weighted by molar-refractivity contribution is 7.98. The summed E-state index contributed by atoms with van der Waals surface area (Å²) in [6, 6.07) is 18.2. The van der Waals surface area contributed by atoms with Crippen LogP contribution in [-0.2, 0) is 6.42 Å². The lowest BCUT2D eigenvalue weighted by Gasteiger charge is -2.19. The van der Waals surface area contributed by atoms with Crippen molar-refractivity contribution in [1.29, 1.82) is 0 Å². The van der Waals surface area contributed by atoms with E-state index in [1.54, 1.807) is 11.8 Å². The summed E-state index contributed by atoms with van der Waals surface area (Å²) >= 11 is 1.79. The van der Waals surface area contributed by atoms with Crippen molar-refractivity contribution in [3.8, 4) is 0 Å². The van der Waals surface area contributed by atoms with Gasteiger partial charge in [0.25, 0.3) is 0 Å². The number of benzene rings is 2. The summed E-state index contributed by atoms with van der Waals surface area (Å²) in [6.45, 7) is 5.41. The molecular formula is C19H25NS. The Labute approximate surface area is 133 Å². The molecule has 1 N–H and O–H groups in total. The molecule has 0 aliphatic heterocycles. The van der Waals surface area contributed by atoms with Crippen LogP contribution in [0.5, 0.6) is 0 Å². The van der Waals surface area contributed by atoms with Crippen LogP contribution in [0.2, 0.25) is 0 Å². The molecule has 2 rings (SSSR count). The fourth-order valence-electron chi connectivity index (χ4n) is 2.42. The van der Waals surface area contributed by atoms with Gasteiger partial charge in [-0.2, -0.15) is 0 Å². The topological polar surface area (TPSA) is 12.0 Å². The first kappa shape index (κ1) is 16.1. The molecule has 1 nitrogen and oxygen atoms in total. The van der Waals surface area contributed by atoms with Crippen molar-refractivity contribution >= 4 is 11.8 Å². The number of hydrogen-bond acceptors (Lipinski definition) is 2. The summed E-state index contributed by atoms with van der Waals surface area (Å²) in [6.07, 6.45) is 4.32. The van der Waals surface area contributed by atoms with E-state index in [0.29, 0.717) is 6.04 Å². The summed E-state index contributed by atoms with van der Waals surface area (Å²) in [5.74, 6) is 0. The summed E-state index contributed by atoms with van der Waals surface area (Å²) < 4.78 is 0. The maximum absolute atomic E-state index is 3.68. The van der Waals surface area contributed by atoms with Crippen LogP contribution in [0.25, 0.3) is 0 Å². The zero-order valence-corrected chi connectivity index (χ0v) is 14.0. The molecule has 2 aromatic rings. The van der Waals surface area contributed by atoms with Crippen LogP contribution in [0.4, 0.5) is 0 Å². The molecule has 0 fully saturated rings. The Morgan fingerprint density at radius 1 is 1.00 bits per heavy atom. The largest absolute Gasteiger partial charge is 0.310 e. The second-order valence-electron chi connectivity index (χ2n) is 5.47. The van der Waals surface area contributed by atoms with E-state index in [0.717, 1.165) is 19.4 Å². The Kier molecular flexibility index (Phi) is 6.34. The van der Waals surface area contributed by atoms with Crippen molar-refractivity contribution in [3.05, 3.63) is 65.2 Å². The molecule has 0 bridgehead atoms. The standard InChI is InChI=1S/C19H25NS/c1-4-13-20-19(14-16-7-5-15(2)6-8-16)17-9-11-18(21-3)12-10-17/h5-12,19-20H,4,13-14H2,1-3H3. The third-order valence-corrected chi connectivity index (χ3v) is 4.46. The van der Waals surface area contributed by atoms with E-state index in [4.69, 9.17) is 0 Å². The molecule has 2 heteroatoms. The highest BCUT2D eigenvalue weighted by Gasteiger charge is 2.11. The van der Waals surface area contributed by atoms with Crippen molar-refractivity contribution in [1.82, 2.24) is 5.32 Å². The quantitative estimate of drug-likeness (QED) is 0.722. The van der Waals surface area contributed by atoms with Gasteiger partial charge in [0.15, 0.2) is 0 Å². The molecule has 1 atom stereocenters. The average Bonchev–Trinajstić information content (AvgIpc) is 2.53. The number of thioether (sulfide) groups is 1.